The van der Waals surface area contributed by atoms with E-state index in [1.807, 2.05) is 30.7 Å². The van der Waals surface area contributed by atoms with E-state index < -0.39 is 10.0 Å². The second-order valence-corrected chi connectivity index (χ2v) is 11.4. The molecular formula is C24H31N5O3S. The predicted octanol–water partition coefficient (Wildman–Crippen LogP) is 3.81. The van der Waals surface area contributed by atoms with Crippen molar-refractivity contribution in [2.24, 2.45) is 0 Å². The number of sulfonamides is 1. The number of piperidine rings is 1. The van der Waals surface area contributed by atoms with Gasteiger partial charge in [0.05, 0.1) is 16.6 Å². The monoisotopic (exact) mass is 469 g/mol. The molecule has 1 N–H and O–H groups in total. The number of hydrogen-bond acceptors (Lipinski definition) is 5. The Labute approximate surface area is 194 Å². The van der Waals surface area contributed by atoms with Crippen LogP contribution in [0.5, 0.6) is 0 Å². The topological polar surface area (TPSA) is 101 Å². The minimum absolute atomic E-state index is 0.161. The predicted molar refractivity (Wildman–Crippen MR) is 127 cm³/mol. The number of H-pyrrole nitrogens is 1. The molecule has 176 valence electrons. The molecule has 1 aromatic carbocycles. The Morgan fingerprint density at radius 2 is 1.73 bits per heavy atom. The minimum Gasteiger partial charge on any atom is -0.310 e. The van der Waals surface area contributed by atoms with Crippen LogP contribution in [0.25, 0.3) is 11.0 Å². The molecule has 9 heteroatoms. The van der Waals surface area contributed by atoms with Crippen LogP contribution in [0.2, 0.25) is 0 Å². The zero-order valence-corrected chi connectivity index (χ0v) is 20.1. The van der Waals surface area contributed by atoms with Gasteiger partial charge < -0.3 is 4.98 Å². The van der Waals surface area contributed by atoms with Gasteiger partial charge in [-0.15, -0.1) is 0 Å². The van der Waals surface area contributed by atoms with Gasteiger partial charge in [0.2, 0.25) is 10.0 Å². The van der Waals surface area contributed by atoms with Gasteiger partial charge in [-0.3, -0.25) is 4.79 Å². The van der Waals surface area contributed by atoms with Gasteiger partial charge in [0.1, 0.15) is 11.2 Å². The molecule has 33 heavy (non-hydrogen) atoms. The van der Waals surface area contributed by atoms with Crippen LogP contribution >= 0.6 is 0 Å². The van der Waals surface area contributed by atoms with Crippen LogP contribution in [0.15, 0.2) is 34.0 Å². The summed E-state index contributed by atoms with van der Waals surface area (Å²) in [5, 5.41) is 5.23. The van der Waals surface area contributed by atoms with Crippen molar-refractivity contribution in [3.63, 3.8) is 0 Å². The quantitative estimate of drug-likeness (QED) is 0.626. The maximum absolute atomic E-state index is 13.2. The minimum atomic E-state index is -3.60. The first-order valence-electron chi connectivity index (χ1n) is 11.9. The van der Waals surface area contributed by atoms with Crippen molar-refractivity contribution in [3.05, 3.63) is 51.7 Å². The van der Waals surface area contributed by atoms with Crippen LogP contribution in [0.4, 0.5) is 0 Å². The Morgan fingerprint density at radius 1 is 1.00 bits per heavy atom. The second-order valence-electron chi connectivity index (χ2n) is 9.49. The van der Waals surface area contributed by atoms with E-state index in [-0.39, 0.29) is 17.5 Å². The molecule has 2 fully saturated rings. The van der Waals surface area contributed by atoms with Gasteiger partial charge >= 0.3 is 0 Å². The van der Waals surface area contributed by atoms with Gasteiger partial charge in [-0.2, -0.15) is 9.40 Å². The molecule has 1 aliphatic heterocycles. The van der Waals surface area contributed by atoms with Gasteiger partial charge in [-0.1, -0.05) is 37.0 Å². The highest BCUT2D eigenvalue weighted by Gasteiger charge is 2.33. The summed E-state index contributed by atoms with van der Waals surface area (Å²) in [6.07, 6.45) is 7.16. The number of aryl methyl sites for hydroxylation is 2. The third kappa shape index (κ3) is 4.12. The van der Waals surface area contributed by atoms with Crippen LogP contribution in [0, 0.1) is 13.8 Å². The third-order valence-corrected chi connectivity index (χ3v) is 8.98. The fraction of sp³-hybridized carbons (Fsp3) is 0.542. The van der Waals surface area contributed by atoms with E-state index in [0.717, 1.165) is 44.1 Å². The van der Waals surface area contributed by atoms with E-state index >= 15 is 0 Å². The zero-order valence-electron chi connectivity index (χ0n) is 19.2. The lowest BCUT2D eigenvalue weighted by Gasteiger charge is -2.31. The van der Waals surface area contributed by atoms with Crippen LogP contribution in [0.1, 0.15) is 74.0 Å². The molecule has 5 rings (SSSR count). The first-order chi connectivity index (χ1) is 15.8. The van der Waals surface area contributed by atoms with Crippen molar-refractivity contribution < 1.29 is 8.42 Å². The SMILES string of the molecule is Cc1ccc(S(=O)(=O)N2CCCC(c3nc4c(c(C)nn4C4CCCCC4)c(=O)[nH]3)C2)cc1. The van der Waals surface area contributed by atoms with Gasteiger partial charge in [0.15, 0.2) is 5.65 Å². The Morgan fingerprint density at radius 3 is 2.45 bits per heavy atom. The largest absolute Gasteiger partial charge is 0.310 e. The summed E-state index contributed by atoms with van der Waals surface area (Å²) in [6, 6.07) is 7.21. The zero-order chi connectivity index (χ0) is 23.2. The summed E-state index contributed by atoms with van der Waals surface area (Å²) < 4.78 is 30.0. The molecule has 1 saturated heterocycles. The number of aromatic amines is 1. The standard InChI is InChI=1S/C24H31N5O3S/c1-16-10-12-20(13-11-16)33(31,32)28-14-6-7-18(15-28)22-25-23-21(24(30)26-22)17(2)27-29(23)19-8-4-3-5-9-19/h10-13,18-19H,3-9,14-15H2,1-2H3,(H,25,26,30). The van der Waals surface area contributed by atoms with E-state index in [1.165, 1.54) is 10.7 Å². The maximum Gasteiger partial charge on any atom is 0.262 e. The number of benzene rings is 1. The fourth-order valence-corrected chi connectivity index (χ4v) is 6.77. The van der Waals surface area contributed by atoms with Gasteiger partial charge in [-0.05, 0) is 51.7 Å². The Hall–Kier alpha value is -2.52. The highest BCUT2D eigenvalue weighted by molar-refractivity contribution is 7.89. The van der Waals surface area contributed by atoms with E-state index in [0.29, 0.717) is 40.5 Å². The number of nitrogens with one attached hydrogen (secondary N) is 1. The number of nitrogens with zero attached hydrogens (tertiary/aromatic N) is 4. The molecule has 1 unspecified atom stereocenters. The lowest BCUT2D eigenvalue weighted by Crippen LogP contribution is -2.39. The van der Waals surface area contributed by atoms with Crippen molar-refractivity contribution in [1.82, 2.24) is 24.1 Å². The lowest BCUT2D eigenvalue weighted by molar-refractivity contribution is 0.308. The molecule has 1 atom stereocenters. The van der Waals surface area contributed by atoms with E-state index in [4.69, 9.17) is 4.98 Å². The summed E-state index contributed by atoms with van der Waals surface area (Å²) in [5.74, 6) is 0.402. The summed E-state index contributed by atoms with van der Waals surface area (Å²) in [6.45, 7) is 4.57. The van der Waals surface area contributed by atoms with Gasteiger partial charge in [0.25, 0.3) is 5.56 Å². The first-order valence-corrected chi connectivity index (χ1v) is 13.3. The van der Waals surface area contributed by atoms with Crippen molar-refractivity contribution in [2.45, 2.75) is 75.6 Å². The molecule has 2 aliphatic rings. The molecule has 1 saturated carbocycles. The van der Waals surface area contributed by atoms with Crippen LogP contribution in [0.3, 0.4) is 0 Å². The fourth-order valence-electron chi connectivity index (χ4n) is 5.25. The van der Waals surface area contributed by atoms with Crippen molar-refractivity contribution in [1.29, 1.82) is 0 Å². The molecule has 8 nitrogen and oxygen atoms in total. The van der Waals surface area contributed by atoms with E-state index in [9.17, 15) is 13.2 Å². The molecule has 3 heterocycles. The van der Waals surface area contributed by atoms with E-state index in [2.05, 4.69) is 10.1 Å². The van der Waals surface area contributed by atoms with Crippen LogP contribution in [-0.2, 0) is 10.0 Å². The maximum atomic E-state index is 13.2. The van der Waals surface area contributed by atoms with Crippen molar-refractivity contribution in [3.8, 4) is 0 Å². The molecule has 0 bridgehead atoms. The number of aromatic nitrogens is 4. The summed E-state index contributed by atoms with van der Waals surface area (Å²) in [4.78, 5) is 21.1. The lowest BCUT2D eigenvalue weighted by atomic mass is 9.95. The molecule has 0 amide bonds. The second kappa shape index (κ2) is 8.68. The summed E-state index contributed by atoms with van der Waals surface area (Å²) in [5.41, 5.74) is 2.17. The normalized spacial score (nSPS) is 21.0. The molecule has 0 spiro atoms. The molecule has 3 aromatic rings. The number of rotatable bonds is 4. The van der Waals surface area contributed by atoms with Gasteiger partial charge in [0, 0.05) is 19.0 Å². The Balaban J connectivity index is 1.48. The van der Waals surface area contributed by atoms with Crippen LogP contribution < -0.4 is 5.56 Å². The Bertz CT molecular complexity index is 1320. The van der Waals surface area contributed by atoms with Crippen molar-refractivity contribution in [2.75, 3.05) is 13.1 Å². The molecular weight excluding hydrogens is 438 g/mol. The molecule has 2 aromatic heterocycles. The highest BCUT2D eigenvalue weighted by atomic mass is 32.2. The Kier molecular flexibility index (Phi) is 5.86. The average Bonchev–Trinajstić information content (AvgIpc) is 3.17. The highest BCUT2D eigenvalue weighted by Crippen LogP contribution is 2.32. The number of fused-ring (bicyclic) bond motifs is 1. The average molecular weight is 470 g/mol. The van der Waals surface area contributed by atoms with E-state index in [1.54, 1.807) is 12.1 Å². The molecule has 0 radical (unpaired) electrons. The summed E-state index contributed by atoms with van der Waals surface area (Å²) in [7, 11) is -3.60. The summed E-state index contributed by atoms with van der Waals surface area (Å²) >= 11 is 0. The first kappa shape index (κ1) is 22.3. The smallest absolute Gasteiger partial charge is 0.262 e. The third-order valence-electron chi connectivity index (χ3n) is 7.11. The molecule has 1 aliphatic carbocycles. The van der Waals surface area contributed by atoms with Gasteiger partial charge in [-0.25, -0.2) is 18.1 Å². The number of hydrogen-bond donors (Lipinski definition) is 1. The van der Waals surface area contributed by atoms with Crippen molar-refractivity contribution >= 4 is 21.1 Å². The van der Waals surface area contributed by atoms with Crippen LogP contribution in [-0.4, -0.2) is 45.6 Å².